The topological polar surface area (TPSA) is 113 Å². The van der Waals surface area contributed by atoms with E-state index >= 15 is 0 Å². The van der Waals surface area contributed by atoms with Gasteiger partial charge in [0.25, 0.3) is 5.91 Å². The lowest BCUT2D eigenvalue weighted by atomic mass is 9.81. The van der Waals surface area contributed by atoms with Gasteiger partial charge in [-0.15, -0.1) is 0 Å². The normalized spacial score (nSPS) is 20.3. The van der Waals surface area contributed by atoms with Gasteiger partial charge in [0.15, 0.2) is 17.5 Å². The highest BCUT2D eigenvalue weighted by molar-refractivity contribution is 7.95. The summed E-state index contributed by atoms with van der Waals surface area (Å²) in [5, 5.41) is 21.7. The number of ether oxygens (including phenoxy) is 1. The molecule has 7 nitrogen and oxygen atoms in total. The van der Waals surface area contributed by atoms with Crippen LogP contribution in [0.1, 0.15) is 36.0 Å². The van der Waals surface area contributed by atoms with E-state index in [1.807, 2.05) is 0 Å². The number of aliphatic hydroxyl groups is 2. The molecular formula is C25H25ClF3NO6S. The molecule has 2 aliphatic carbocycles. The van der Waals surface area contributed by atoms with Crippen molar-refractivity contribution in [3.8, 4) is 0 Å². The number of nitrogens with one attached hydrogen (secondary N) is 1. The first-order valence-electron chi connectivity index (χ1n) is 11.6. The van der Waals surface area contributed by atoms with Crippen molar-refractivity contribution in [2.45, 2.75) is 36.7 Å². The largest absolute Gasteiger partial charge is 0.394 e. The number of sulfone groups is 1. The van der Waals surface area contributed by atoms with Crippen molar-refractivity contribution in [2.24, 2.45) is 11.8 Å². The molecule has 2 aromatic carbocycles. The second-order valence-corrected chi connectivity index (χ2v) is 11.3. The molecule has 0 saturated heterocycles. The van der Waals surface area contributed by atoms with Crippen LogP contribution in [0.4, 0.5) is 18.9 Å². The molecule has 0 heterocycles. The third-order valence-corrected chi connectivity index (χ3v) is 9.30. The Bertz CT molecular complexity index is 1330. The molecule has 37 heavy (non-hydrogen) atoms. The number of anilines is 1. The monoisotopic (exact) mass is 559 g/mol. The van der Waals surface area contributed by atoms with Crippen LogP contribution >= 0.6 is 11.6 Å². The fourth-order valence-corrected chi connectivity index (χ4v) is 7.63. The third kappa shape index (κ3) is 5.56. The number of fused-ring (bicyclic) bond motifs is 1. The molecule has 1 amide bonds. The Balaban J connectivity index is 1.61. The van der Waals surface area contributed by atoms with Gasteiger partial charge in [-0.3, -0.25) is 4.79 Å². The van der Waals surface area contributed by atoms with Crippen molar-refractivity contribution < 1.29 is 41.3 Å². The molecule has 2 unspecified atom stereocenters. The second-order valence-electron chi connectivity index (χ2n) is 9.04. The molecule has 0 radical (unpaired) electrons. The Kier molecular flexibility index (Phi) is 8.29. The Labute approximate surface area is 216 Å². The van der Waals surface area contributed by atoms with Crippen LogP contribution < -0.4 is 5.32 Å². The molecule has 0 saturated carbocycles. The van der Waals surface area contributed by atoms with E-state index in [9.17, 15) is 31.5 Å². The zero-order chi connectivity index (χ0) is 26.9. The minimum absolute atomic E-state index is 0.0363. The van der Waals surface area contributed by atoms with Crippen LogP contribution in [0.25, 0.3) is 0 Å². The average Bonchev–Trinajstić information content (AvgIpc) is 3.16. The van der Waals surface area contributed by atoms with Crippen LogP contribution in [-0.2, 0) is 14.6 Å². The van der Waals surface area contributed by atoms with Gasteiger partial charge < -0.3 is 20.3 Å². The summed E-state index contributed by atoms with van der Waals surface area (Å²) in [7, 11) is -4.16. The standard InChI is InChI=1S/C25H25ClF3NO6S/c26-18-6-3-14(25(33)30-15-10-19(27)23(29)20(28)11-15)9-22(18)37(34,35)24-13-1-4-16(17(24)5-2-13)21(32)12-36-8-7-31/h3,6,9-11,16-17,21,31-32H,1-2,4-5,7-8,12H2,(H,30,33)/t16?,17?,21-/m0/s1. The molecule has 2 aromatic rings. The fourth-order valence-electron chi connectivity index (χ4n) is 5.09. The molecule has 0 aliphatic heterocycles. The molecule has 0 spiro atoms. The van der Waals surface area contributed by atoms with Crippen LogP contribution in [0.15, 0.2) is 45.7 Å². The van der Waals surface area contributed by atoms with E-state index < -0.39 is 45.2 Å². The first-order chi connectivity index (χ1) is 17.5. The maximum atomic E-state index is 13.8. The van der Waals surface area contributed by atoms with Gasteiger partial charge in [-0.1, -0.05) is 17.2 Å². The average molecular weight is 560 g/mol. The molecule has 200 valence electrons. The predicted molar refractivity (Wildman–Crippen MR) is 129 cm³/mol. The number of carbonyl (C=O) groups excluding carboxylic acids is 1. The predicted octanol–water partition coefficient (Wildman–Crippen LogP) is 4.23. The number of carbonyl (C=O) groups is 1. The van der Waals surface area contributed by atoms with Crippen molar-refractivity contribution in [3.63, 3.8) is 0 Å². The number of halogens is 4. The van der Waals surface area contributed by atoms with Crippen LogP contribution in [0, 0.1) is 29.3 Å². The summed E-state index contributed by atoms with van der Waals surface area (Å²) in [4.78, 5) is 12.6. The molecule has 3 atom stereocenters. The van der Waals surface area contributed by atoms with E-state index in [1.165, 1.54) is 12.1 Å². The van der Waals surface area contributed by atoms with E-state index in [0.717, 1.165) is 11.6 Å². The van der Waals surface area contributed by atoms with Crippen LogP contribution in [0.3, 0.4) is 0 Å². The van der Waals surface area contributed by atoms with E-state index in [-0.39, 0.29) is 51.8 Å². The van der Waals surface area contributed by atoms with Gasteiger partial charge in [0, 0.05) is 29.3 Å². The van der Waals surface area contributed by atoms with Crippen molar-refractivity contribution in [2.75, 3.05) is 25.1 Å². The maximum absolute atomic E-state index is 13.8. The zero-order valence-electron chi connectivity index (χ0n) is 19.5. The van der Waals surface area contributed by atoms with Gasteiger partial charge in [-0.25, -0.2) is 21.6 Å². The minimum atomic E-state index is -4.16. The Morgan fingerprint density at radius 2 is 1.81 bits per heavy atom. The highest BCUT2D eigenvalue weighted by atomic mass is 35.5. The SMILES string of the molecule is O=C(Nc1cc(F)c(F)c(F)c1)c1ccc(Cl)c(S(=O)(=O)C2=C3CCC2C([C@@H](O)COCCO)CC3)c1. The highest BCUT2D eigenvalue weighted by Gasteiger charge is 2.45. The number of benzene rings is 2. The summed E-state index contributed by atoms with van der Waals surface area (Å²) in [6.07, 6.45) is 1.23. The van der Waals surface area contributed by atoms with Gasteiger partial charge in [0.2, 0.25) is 9.84 Å². The number of amides is 1. The first kappa shape index (κ1) is 27.6. The fraction of sp³-hybridized carbons (Fsp3) is 0.400. The van der Waals surface area contributed by atoms with Crippen LogP contribution in [0.5, 0.6) is 0 Å². The third-order valence-electron chi connectivity index (χ3n) is 6.77. The summed E-state index contributed by atoms with van der Waals surface area (Å²) in [6.45, 7) is -0.175. The summed E-state index contributed by atoms with van der Waals surface area (Å²) in [5.41, 5.74) is 0.264. The molecule has 12 heteroatoms. The summed E-state index contributed by atoms with van der Waals surface area (Å²) in [6, 6.07) is 4.78. The van der Waals surface area contributed by atoms with Crippen molar-refractivity contribution in [1.82, 2.24) is 0 Å². The second kappa shape index (κ2) is 11.1. The number of rotatable bonds is 9. The van der Waals surface area contributed by atoms with Crippen molar-refractivity contribution in [1.29, 1.82) is 0 Å². The van der Waals surface area contributed by atoms with Gasteiger partial charge >= 0.3 is 0 Å². The van der Waals surface area contributed by atoms with Crippen molar-refractivity contribution in [3.05, 3.63) is 68.8 Å². The molecule has 3 N–H and O–H groups in total. The van der Waals surface area contributed by atoms with Crippen LogP contribution in [0.2, 0.25) is 5.02 Å². The number of hydrogen-bond donors (Lipinski definition) is 3. The first-order valence-corrected chi connectivity index (χ1v) is 13.5. The van der Waals surface area contributed by atoms with E-state index in [0.29, 0.717) is 37.8 Å². The van der Waals surface area contributed by atoms with Crippen LogP contribution in [-0.4, -0.2) is 50.5 Å². The highest BCUT2D eigenvalue weighted by Crippen LogP contribution is 2.51. The van der Waals surface area contributed by atoms with Crippen molar-refractivity contribution >= 4 is 33.0 Å². The lowest BCUT2D eigenvalue weighted by Crippen LogP contribution is -2.35. The maximum Gasteiger partial charge on any atom is 0.255 e. The number of hydrogen-bond acceptors (Lipinski definition) is 6. The zero-order valence-corrected chi connectivity index (χ0v) is 21.1. The summed E-state index contributed by atoms with van der Waals surface area (Å²) in [5.74, 6) is -6.37. The quantitative estimate of drug-likeness (QED) is 0.313. The molecule has 0 fully saturated rings. The van der Waals surface area contributed by atoms with E-state index in [2.05, 4.69) is 5.32 Å². The molecule has 2 aliphatic rings. The lowest BCUT2D eigenvalue weighted by molar-refractivity contribution is -0.0178. The molecular weight excluding hydrogens is 535 g/mol. The Morgan fingerprint density at radius 3 is 2.49 bits per heavy atom. The van der Waals surface area contributed by atoms with Gasteiger partial charge in [-0.05, 0) is 49.8 Å². The van der Waals surface area contributed by atoms with Gasteiger partial charge in [-0.2, -0.15) is 0 Å². The van der Waals surface area contributed by atoms with E-state index in [1.54, 1.807) is 0 Å². The Morgan fingerprint density at radius 1 is 1.14 bits per heavy atom. The molecule has 2 bridgehead atoms. The number of allylic oxidation sites excluding steroid dienone is 2. The number of aliphatic hydroxyl groups excluding tert-OH is 2. The Hall–Kier alpha value is -2.44. The summed E-state index contributed by atoms with van der Waals surface area (Å²) >= 11 is 6.26. The summed E-state index contributed by atoms with van der Waals surface area (Å²) < 4.78 is 73.1. The van der Waals surface area contributed by atoms with Gasteiger partial charge in [0.1, 0.15) is 0 Å². The molecule has 4 rings (SSSR count). The lowest BCUT2D eigenvalue weighted by Gasteiger charge is -2.33. The molecule has 0 aromatic heterocycles. The smallest absolute Gasteiger partial charge is 0.255 e. The van der Waals surface area contributed by atoms with E-state index in [4.69, 9.17) is 21.4 Å². The van der Waals surface area contributed by atoms with Gasteiger partial charge in [0.05, 0.1) is 40.7 Å². The minimum Gasteiger partial charge on any atom is -0.394 e.